The molecule has 1 fully saturated rings. The lowest BCUT2D eigenvalue weighted by atomic mass is 9.73. The lowest BCUT2D eigenvalue weighted by Gasteiger charge is -2.47. The van der Waals surface area contributed by atoms with E-state index in [4.69, 9.17) is 18.9 Å². The molecule has 242 valence electrons. The maximum atomic E-state index is 15.6. The average Bonchev–Trinajstić information content (AvgIpc) is 2.94. The smallest absolute Gasteiger partial charge is 0.342 e. The Bertz CT molecular complexity index is 1190. The highest BCUT2D eigenvalue weighted by molar-refractivity contribution is 5.96. The van der Waals surface area contributed by atoms with Crippen LogP contribution in [0.25, 0.3) is 0 Å². The lowest BCUT2D eigenvalue weighted by Crippen LogP contribution is -2.58. The molecule has 1 saturated heterocycles. The average molecular weight is 612 g/mol. The molecule has 0 aromatic heterocycles. The second kappa shape index (κ2) is 13.9. The zero-order valence-corrected chi connectivity index (χ0v) is 25.9. The van der Waals surface area contributed by atoms with E-state index in [-0.39, 0.29) is 42.7 Å². The van der Waals surface area contributed by atoms with E-state index in [0.29, 0.717) is 11.1 Å². The minimum atomic E-state index is -1.53. The first kappa shape index (κ1) is 34.7. The van der Waals surface area contributed by atoms with E-state index in [9.17, 15) is 30.0 Å². The predicted molar refractivity (Wildman–Crippen MR) is 154 cm³/mol. The van der Waals surface area contributed by atoms with Gasteiger partial charge in [0, 0.05) is 50.9 Å². The number of hydrogen-bond acceptors (Lipinski definition) is 10. The van der Waals surface area contributed by atoms with Crippen LogP contribution >= 0.6 is 0 Å². The van der Waals surface area contributed by atoms with Gasteiger partial charge in [-0.05, 0) is 31.4 Å². The van der Waals surface area contributed by atoms with E-state index in [1.165, 1.54) is 14.2 Å². The molecule has 0 saturated carbocycles. The molecule has 5 N–H and O–H groups in total. The van der Waals surface area contributed by atoms with Gasteiger partial charge in [-0.3, -0.25) is 4.79 Å². The number of cyclic esters (lactones) is 1. The Balaban J connectivity index is 1.73. The zero-order valence-electron chi connectivity index (χ0n) is 25.9. The van der Waals surface area contributed by atoms with Gasteiger partial charge in [-0.2, -0.15) is 0 Å². The number of carbonyl (C=O) groups excluding carboxylic acids is 2. The molecule has 9 unspecified atom stereocenters. The molecule has 0 bridgehead atoms. The van der Waals surface area contributed by atoms with Crippen molar-refractivity contribution in [1.82, 2.24) is 5.32 Å². The fourth-order valence-corrected chi connectivity index (χ4v) is 5.77. The number of aromatic hydroxyl groups is 2. The number of hydrogen-bond donors (Lipinski definition) is 5. The van der Waals surface area contributed by atoms with Crippen LogP contribution < -0.4 is 5.32 Å². The molecule has 2 aliphatic rings. The number of benzene rings is 1. The van der Waals surface area contributed by atoms with Crippen LogP contribution in [0.1, 0.15) is 68.4 Å². The van der Waals surface area contributed by atoms with E-state index in [2.05, 4.69) is 11.9 Å². The lowest BCUT2D eigenvalue weighted by molar-refractivity contribution is -0.204. The normalized spacial score (nSPS) is 26.8. The summed E-state index contributed by atoms with van der Waals surface area (Å²) >= 11 is 0. The number of aliphatic hydroxyl groups is 2. The maximum absolute atomic E-state index is 15.6. The number of carbonyl (C=O) groups is 2. The highest BCUT2D eigenvalue weighted by Gasteiger charge is 2.49. The molecule has 2 heterocycles. The van der Waals surface area contributed by atoms with Crippen LogP contribution in [0.15, 0.2) is 18.2 Å². The Kier molecular flexibility index (Phi) is 11.2. The number of phenols is 2. The minimum absolute atomic E-state index is 0.0117. The molecule has 0 radical (unpaired) electrons. The largest absolute Gasteiger partial charge is 0.508 e. The summed E-state index contributed by atoms with van der Waals surface area (Å²) < 4.78 is 38.1. The molecule has 0 aliphatic carbocycles. The van der Waals surface area contributed by atoms with Crippen molar-refractivity contribution in [2.75, 3.05) is 14.2 Å². The van der Waals surface area contributed by atoms with E-state index < -0.39 is 72.2 Å². The fraction of sp³-hybridized carbons (Fsp3) is 0.677. The van der Waals surface area contributed by atoms with Crippen LogP contribution in [0.2, 0.25) is 0 Å². The third-order valence-electron chi connectivity index (χ3n) is 8.95. The Morgan fingerprint density at radius 2 is 1.86 bits per heavy atom. The number of amides is 1. The summed E-state index contributed by atoms with van der Waals surface area (Å²) in [4.78, 5) is 25.6. The zero-order chi connectivity index (χ0) is 32.4. The predicted octanol–water partition coefficient (Wildman–Crippen LogP) is 2.83. The molecule has 43 heavy (non-hydrogen) atoms. The van der Waals surface area contributed by atoms with Gasteiger partial charge in [0.1, 0.15) is 35.4 Å². The van der Waals surface area contributed by atoms with Gasteiger partial charge in [0.25, 0.3) is 5.91 Å². The van der Waals surface area contributed by atoms with Crippen LogP contribution in [-0.4, -0.2) is 95.5 Å². The SMILES string of the molecule is C=C(C)CC(OC)C(O)C(=O)NC(OC)C1CC(F)C(C)(C)C(CC(O)C(C)C2Cc3c(C)c(O)cc(O)c3C(=O)O2)O1. The summed E-state index contributed by atoms with van der Waals surface area (Å²) in [6.45, 7) is 12.2. The van der Waals surface area contributed by atoms with Crippen LogP contribution in [-0.2, 0) is 30.2 Å². The highest BCUT2D eigenvalue weighted by atomic mass is 19.1. The number of fused-ring (bicyclic) bond motifs is 1. The van der Waals surface area contributed by atoms with Gasteiger partial charge < -0.3 is 44.7 Å². The monoisotopic (exact) mass is 611 g/mol. The van der Waals surface area contributed by atoms with Gasteiger partial charge in [-0.15, -0.1) is 6.58 Å². The van der Waals surface area contributed by atoms with Crippen molar-refractivity contribution in [3.8, 4) is 11.5 Å². The Morgan fingerprint density at radius 3 is 2.44 bits per heavy atom. The van der Waals surface area contributed by atoms with Crippen molar-refractivity contribution in [2.45, 2.75) is 109 Å². The van der Waals surface area contributed by atoms with Crippen LogP contribution in [0.3, 0.4) is 0 Å². The quantitative estimate of drug-likeness (QED) is 0.135. The Hall–Kier alpha value is -2.77. The van der Waals surface area contributed by atoms with Gasteiger partial charge in [-0.1, -0.05) is 26.3 Å². The van der Waals surface area contributed by atoms with Crippen molar-refractivity contribution in [1.29, 1.82) is 0 Å². The van der Waals surface area contributed by atoms with E-state index in [0.717, 1.165) is 11.6 Å². The molecular weight excluding hydrogens is 565 g/mol. The molecule has 12 heteroatoms. The summed E-state index contributed by atoms with van der Waals surface area (Å²) in [5.74, 6) is -2.69. The number of halogens is 1. The van der Waals surface area contributed by atoms with Gasteiger partial charge in [-0.25, -0.2) is 9.18 Å². The second-order valence-corrected chi connectivity index (χ2v) is 12.4. The van der Waals surface area contributed by atoms with E-state index in [1.54, 1.807) is 34.6 Å². The van der Waals surface area contributed by atoms with Gasteiger partial charge in [0.15, 0.2) is 12.3 Å². The van der Waals surface area contributed by atoms with Crippen molar-refractivity contribution in [3.05, 3.63) is 34.9 Å². The Labute approximate surface area is 252 Å². The molecule has 0 spiro atoms. The molecule has 1 aromatic rings. The molecule has 11 nitrogen and oxygen atoms in total. The topological polar surface area (TPSA) is 164 Å². The molecule has 3 rings (SSSR count). The fourth-order valence-electron chi connectivity index (χ4n) is 5.77. The number of ether oxygens (including phenoxy) is 4. The van der Waals surface area contributed by atoms with Crippen LogP contribution in [0.4, 0.5) is 4.39 Å². The number of methoxy groups -OCH3 is 2. The first-order valence-electron chi connectivity index (χ1n) is 14.4. The number of alkyl halides is 1. The van der Waals surface area contributed by atoms with Crippen molar-refractivity contribution < 1.29 is 53.4 Å². The number of rotatable bonds is 12. The number of nitrogens with one attached hydrogen (secondary N) is 1. The van der Waals surface area contributed by atoms with Crippen molar-refractivity contribution in [2.24, 2.45) is 11.3 Å². The molecular formula is C31H46FNO10. The third kappa shape index (κ3) is 7.49. The minimum Gasteiger partial charge on any atom is -0.508 e. The maximum Gasteiger partial charge on any atom is 0.342 e. The number of phenolic OH excluding ortho intramolecular Hbond substituents is 2. The Morgan fingerprint density at radius 1 is 1.21 bits per heavy atom. The summed E-state index contributed by atoms with van der Waals surface area (Å²) in [5.41, 5.74) is 0.559. The third-order valence-corrected chi connectivity index (χ3v) is 8.95. The summed E-state index contributed by atoms with van der Waals surface area (Å²) in [6.07, 6.45) is -8.21. The van der Waals surface area contributed by atoms with Gasteiger partial charge in [0.2, 0.25) is 0 Å². The molecule has 2 aliphatic heterocycles. The van der Waals surface area contributed by atoms with Crippen molar-refractivity contribution in [3.63, 3.8) is 0 Å². The number of aliphatic hydroxyl groups excluding tert-OH is 2. The summed E-state index contributed by atoms with van der Waals surface area (Å²) in [7, 11) is 2.70. The van der Waals surface area contributed by atoms with E-state index >= 15 is 4.39 Å². The van der Waals surface area contributed by atoms with E-state index in [1.807, 2.05) is 0 Å². The van der Waals surface area contributed by atoms with Gasteiger partial charge in [0.05, 0.1) is 18.3 Å². The second-order valence-electron chi connectivity index (χ2n) is 12.4. The first-order chi connectivity index (χ1) is 20.0. The molecule has 1 amide bonds. The van der Waals surface area contributed by atoms with Crippen LogP contribution in [0, 0.1) is 18.3 Å². The molecule has 1 aromatic carbocycles. The van der Waals surface area contributed by atoms with Crippen LogP contribution in [0.5, 0.6) is 11.5 Å². The summed E-state index contributed by atoms with van der Waals surface area (Å²) in [5, 5.41) is 44.7. The molecule has 9 atom stereocenters. The van der Waals surface area contributed by atoms with Crippen molar-refractivity contribution >= 4 is 11.9 Å². The number of esters is 1. The van der Waals surface area contributed by atoms with Gasteiger partial charge >= 0.3 is 5.97 Å². The summed E-state index contributed by atoms with van der Waals surface area (Å²) in [6, 6.07) is 1.09. The highest BCUT2D eigenvalue weighted by Crippen LogP contribution is 2.43. The standard InChI is InChI=1S/C31H46FNO10/c1-14(2)9-22(40-7)27(37)28(38)33-29(41-8)23-13-24(32)31(5,6)25(42-23)12-19(35)16(4)21-10-17-15(3)18(34)11-20(36)26(17)30(39)43-21/h11,16,19,21-25,27,29,34-37H,1,9-10,12-13H2,2-8H3,(H,33,38). The first-order valence-corrected chi connectivity index (χ1v) is 14.4.